The summed E-state index contributed by atoms with van der Waals surface area (Å²) in [5.74, 6) is -0.344. The molecule has 0 aromatic rings. The van der Waals surface area contributed by atoms with Crippen molar-refractivity contribution >= 4 is 0 Å². The van der Waals surface area contributed by atoms with Crippen LogP contribution in [-0.4, -0.2) is 62.9 Å². The van der Waals surface area contributed by atoms with E-state index in [9.17, 15) is 9.50 Å². The molecule has 1 aliphatic heterocycles. The Morgan fingerprint density at radius 1 is 1.30 bits per heavy atom. The molecule has 1 aliphatic carbocycles. The first-order valence-corrected chi connectivity index (χ1v) is 6.70. The van der Waals surface area contributed by atoms with Crippen LogP contribution in [-0.2, 0) is 14.2 Å². The molecule has 0 amide bonds. The molecule has 0 aromatic heterocycles. The van der Waals surface area contributed by atoms with E-state index in [1.54, 1.807) is 7.11 Å². The van der Waals surface area contributed by atoms with Crippen LogP contribution in [0, 0.1) is 5.92 Å². The van der Waals surface area contributed by atoms with Gasteiger partial charge in [-0.25, -0.2) is 4.39 Å². The number of nitrogens with zero attached hydrogens (tertiary/aromatic N) is 1. The molecule has 1 saturated heterocycles. The topological polar surface area (TPSA) is 51.2 Å². The Kier molecular flexibility index (Phi) is 5.15. The number of hydrogen-bond donors (Lipinski definition) is 1. The predicted molar refractivity (Wildman–Crippen MR) is 71.6 cm³/mol. The summed E-state index contributed by atoms with van der Waals surface area (Å²) in [5, 5.41) is 9.79. The van der Waals surface area contributed by atoms with Crippen molar-refractivity contribution in [3.63, 3.8) is 0 Å². The number of ether oxygens (including phenoxy) is 3. The first kappa shape index (κ1) is 15.4. The molecule has 20 heavy (non-hydrogen) atoms. The molecule has 0 aromatic carbocycles. The van der Waals surface area contributed by atoms with Crippen LogP contribution in [0.4, 0.5) is 4.39 Å². The third kappa shape index (κ3) is 3.03. The lowest BCUT2D eigenvalue weighted by atomic mass is 9.91. The van der Waals surface area contributed by atoms with Gasteiger partial charge in [-0.3, -0.25) is 0 Å². The van der Waals surface area contributed by atoms with Gasteiger partial charge in [0, 0.05) is 40.3 Å². The average Bonchev–Trinajstić information content (AvgIpc) is 2.41. The lowest BCUT2D eigenvalue weighted by Crippen LogP contribution is -2.51. The van der Waals surface area contributed by atoms with Crippen LogP contribution in [0.3, 0.4) is 0 Å². The van der Waals surface area contributed by atoms with Gasteiger partial charge in [0.1, 0.15) is 11.9 Å². The summed E-state index contributed by atoms with van der Waals surface area (Å²) < 4.78 is 29.3. The molecule has 0 spiro atoms. The van der Waals surface area contributed by atoms with Gasteiger partial charge in [0.25, 0.3) is 0 Å². The normalized spacial score (nSPS) is 26.6. The summed E-state index contributed by atoms with van der Waals surface area (Å²) in [6.07, 6.45) is 2.45. The number of methoxy groups -OCH3 is 3. The van der Waals surface area contributed by atoms with Gasteiger partial charge in [-0.2, -0.15) is 0 Å². The van der Waals surface area contributed by atoms with Crippen LogP contribution in [0.5, 0.6) is 0 Å². The minimum atomic E-state index is -1.03. The van der Waals surface area contributed by atoms with E-state index in [0.29, 0.717) is 25.2 Å². The van der Waals surface area contributed by atoms with Crippen molar-refractivity contribution in [2.24, 2.45) is 5.92 Å². The molecular formula is C14H22FNO4. The summed E-state index contributed by atoms with van der Waals surface area (Å²) in [6, 6.07) is 0. The van der Waals surface area contributed by atoms with Crippen LogP contribution in [0.15, 0.2) is 23.7 Å². The molecule has 0 radical (unpaired) electrons. The van der Waals surface area contributed by atoms with Crippen LogP contribution >= 0.6 is 0 Å². The summed E-state index contributed by atoms with van der Waals surface area (Å²) >= 11 is 0. The summed E-state index contributed by atoms with van der Waals surface area (Å²) in [4.78, 5) is 1.93. The second-order valence-corrected chi connectivity index (χ2v) is 5.09. The fourth-order valence-electron chi connectivity index (χ4n) is 2.60. The van der Waals surface area contributed by atoms with Gasteiger partial charge in [-0.15, -0.1) is 0 Å². The monoisotopic (exact) mass is 287 g/mol. The SMILES string of the molecule is COC1CN(C2=CC(C(OC)C(O)OC)CC=C2F)C1. The third-order valence-electron chi connectivity index (χ3n) is 3.92. The van der Waals surface area contributed by atoms with Crippen molar-refractivity contribution in [3.8, 4) is 0 Å². The Morgan fingerprint density at radius 3 is 2.55 bits per heavy atom. The molecule has 1 heterocycles. The summed E-state index contributed by atoms with van der Waals surface area (Å²) in [5.41, 5.74) is 0.555. The standard InChI is InChI=1S/C14H22FNO4/c1-18-10-7-16(8-10)12-6-9(4-5-11(12)15)13(19-2)14(17)20-3/h5-6,9-10,13-14,17H,4,7-8H2,1-3H3. The van der Waals surface area contributed by atoms with Crippen molar-refractivity contribution in [1.82, 2.24) is 4.90 Å². The van der Waals surface area contributed by atoms with Crippen molar-refractivity contribution in [2.75, 3.05) is 34.4 Å². The number of aliphatic hydroxyl groups excluding tert-OH is 1. The largest absolute Gasteiger partial charge is 0.378 e. The van der Waals surface area contributed by atoms with E-state index in [-0.39, 0.29) is 17.8 Å². The van der Waals surface area contributed by atoms with E-state index >= 15 is 0 Å². The fraction of sp³-hybridized carbons (Fsp3) is 0.714. The number of likely N-dealkylation sites (tertiary alicyclic amines) is 1. The fourth-order valence-corrected chi connectivity index (χ4v) is 2.60. The van der Waals surface area contributed by atoms with E-state index in [1.165, 1.54) is 20.3 Å². The summed E-state index contributed by atoms with van der Waals surface area (Å²) in [6.45, 7) is 1.36. The Bertz CT molecular complexity index is 393. The second kappa shape index (κ2) is 6.67. The molecule has 3 atom stereocenters. The Morgan fingerprint density at radius 2 is 2.00 bits per heavy atom. The van der Waals surface area contributed by atoms with E-state index in [0.717, 1.165) is 0 Å². The van der Waals surface area contributed by atoms with Crippen molar-refractivity contribution in [3.05, 3.63) is 23.7 Å². The molecule has 0 saturated carbocycles. The Labute approximate surface area is 118 Å². The Hall–Kier alpha value is -0.950. The number of rotatable bonds is 6. The summed E-state index contributed by atoms with van der Waals surface area (Å²) in [7, 11) is 4.58. The van der Waals surface area contributed by atoms with Gasteiger partial charge >= 0.3 is 0 Å². The maximum absolute atomic E-state index is 13.9. The number of hydrogen-bond acceptors (Lipinski definition) is 5. The molecule has 1 fully saturated rings. The van der Waals surface area contributed by atoms with Crippen LogP contribution in [0.25, 0.3) is 0 Å². The van der Waals surface area contributed by atoms with Gasteiger partial charge in [0.05, 0.1) is 11.8 Å². The highest BCUT2D eigenvalue weighted by Crippen LogP contribution is 2.33. The van der Waals surface area contributed by atoms with Crippen LogP contribution < -0.4 is 0 Å². The first-order chi connectivity index (χ1) is 9.60. The quantitative estimate of drug-likeness (QED) is 0.740. The zero-order chi connectivity index (χ0) is 14.7. The van der Waals surface area contributed by atoms with Gasteiger partial charge in [-0.05, 0) is 12.5 Å². The van der Waals surface area contributed by atoms with Crippen molar-refractivity contribution < 1.29 is 23.7 Å². The molecular weight excluding hydrogens is 265 g/mol. The van der Waals surface area contributed by atoms with Gasteiger partial charge in [-0.1, -0.05) is 6.08 Å². The number of halogens is 1. The molecule has 1 N–H and O–H groups in total. The highest BCUT2D eigenvalue weighted by atomic mass is 19.1. The molecule has 5 nitrogen and oxygen atoms in total. The van der Waals surface area contributed by atoms with E-state index in [1.807, 2.05) is 11.0 Å². The molecule has 2 aliphatic rings. The van der Waals surface area contributed by atoms with E-state index in [4.69, 9.17) is 14.2 Å². The van der Waals surface area contributed by atoms with E-state index < -0.39 is 12.4 Å². The molecule has 2 rings (SSSR count). The maximum atomic E-state index is 13.9. The highest BCUT2D eigenvalue weighted by Gasteiger charge is 2.34. The lowest BCUT2D eigenvalue weighted by molar-refractivity contribution is -0.166. The van der Waals surface area contributed by atoms with Gasteiger partial charge in [0.2, 0.25) is 0 Å². The first-order valence-electron chi connectivity index (χ1n) is 6.70. The lowest BCUT2D eigenvalue weighted by Gasteiger charge is -2.42. The minimum Gasteiger partial charge on any atom is -0.378 e. The van der Waals surface area contributed by atoms with Gasteiger partial charge < -0.3 is 24.2 Å². The zero-order valence-electron chi connectivity index (χ0n) is 12.1. The van der Waals surface area contributed by atoms with Gasteiger partial charge in [0.15, 0.2) is 6.29 Å². The third-order valence-corrected chi connectivity index (χ3v) is 3.92. The second-order valence-electron chi connectivity index (χ2n) is 5.09. The molecule has 114 valence electrons. The number of allylic oxidation sites excluding steroid dienone is 2. The zero-order valence-corrected chi connectivity index (χ0v) is 12.1. The van der Waals surface area contributed by atoms with Crippen LogP contribution in [0.1, 0.15) is 6.42 Å². The Balaban J connectivity index is 2.08. The predicted octanol–water partition coefficient (Wildman–Crippen LogP) is 1.05. The number of aliphatic hydroxyl groups is 1. The van der Waals surface area contributed by atoms with Crippen molar-refractivity contribution in [1.29, 1.82) is 0 Å². The minimum absolute atomic E-state index is 0.119. The van der Waals surface area contributed by atoms with E-state index in [2.05, 4.69) is 0 Å². The highest BCUT2D eigenvalue weighted by molar-refractivity contribution is 5.31. The van der Waals surface area contributed by atoms with Crippen LogP contribution in [0.2, 0.25) is 0 Å². The maximum Gasteiger partial charge on any atom is 0.181 e. The molecule has 3 unspecified atom stereocenters. The van der Waals surface area contributed by atoms with Crippen molar-refractivity contribution in [2.45, 2.75) is 24.9 Å². The molecule has 6 heteroatoms. The smallest absolute Gasteiger partial charge is 0.181 e. The molecule has 0 bridgehead atoms. The average molecular weight is 287 g/mol.